The number of hydrogen-bond donors (Lipinski definition) is 2. The molecule has 0 spiro atoms. The van der Waals surface area contributed by atoms with Crippen molar-refractivity contribution in [3.63, 3.8) is 0 Å². The number of nitrogens with two attached hydrogens (primary N) is 1. The molecule has 4 nitrogen and oxygen atoms in total. The molecule has 5 heteroatoms. The lowest BCUT2D eigenvalue weighted by molar-refractivity contribution is -0.133. The lowest BCUT2D eigenvalue weighted by Crippen LogP contribution is -2.15. The molecule has 0 aliphatic rings. The van der Waals surface area contributed by atoms with Gasteiger partial charge in [-0.2, -0.15) is 0 Å². The van der Waals surface area contributed by atoms with E-state index in [0.29, 0.717) is 0 Å². The van der Waals surface area contributed by atoms with Gasteiger partial charge in [0.2, 0.25) is 0 Å². The van der Waals surface area contributed by atoms with Gasteiger partial charge in [-0.25, -0.2) is 4.21 Å². The second kappa shape index (κ2) is 2.70. The third-order valence-corrected chi connectivity index (χ3v) is 0.797. The molecule has 0 aromatic heterocycles. The van der Waals surface area contributed by atoms with Crippen LogP contribution in [0.2, 0.25) is 0 Å². The highest BCUT2D eigenvalue weighted by atomic mass is 32.2. The molecule has 0 aromatic carbocycles. The van der Waals surface area contributed by atoms with Crippen molar-refractivity contribution in [1.29, 1.82) is 0 Å². The van der Waals surface area contributed by atoms with E-state index in [1.807, 2.05) is 0 Å². The van der Waals surface area contributed by atoms with Crippen LogP contribution in [0, 0.1) is 0 Å². The predicted octanol–water partition coefficient (Wildman–Crippen LogP) is -1.31. The van der Waals surface area contributed by atoms with E-state index in [-0.39, 0.29) is 0 Å². The zero-order valence-electron chi connectivity index (χ0n) is 3.46. The summed E-state index contributed by atoms with van der Waals surface area (Å²) in [4.78, 5) is 9.54. The summed E-state index contributed by atoms with van der Waals surface area (Å²) < 4.78 is 9.76. The Hall–Kier alpha value is -0.420. The second-order valence-electron chi connectivity index (χ2n) is 0.919. The van der Waals surface area contributed by atoms with Crippen LogP contribution < -0.4 is 5.14 Å². The van der Waals surface area contributed by atoms with Crippen LogP contribution in [0.25, 0.3) is 0 Å². The first-order valence-electron chi connectivity index (χ1n) is 1.47. The zero-order chi connectivity index (χ0) is 5.86. The van der Waals surface area contributed by atoms with Gasteiger partial charge in [-0.1, -0.05) is 0 Å². The van der Waals surface area contributed by atoms with E-state index < -0.39 is 22.7 Å². The van der Waals surface area contributed by atoms with E-state index in [0.717, 1.165) is 0 Å². The Labute approximate surface area is 42.9 Å². The van der Waals surface area contributed by atoms with Crippen molar-refractivity contribution in [3.05, 3.63) is 0 Å². The average Bonchev–Trinajstić information content (AvgIpc) is 1.27. The molecule has 0 saturated heterocycles. The molecular weight excluding hydrogens is 118 g/mol. The highest BCUT2D eigenvalue weighted by Crippen LogP contribution is 1.65. The molecule has 0 saturated carbocycles. The van der Waals surface area contributed by atoms with Crippen LogP contribution in [0.3, 0.4) is 0 Å². The lowest BCUT2D eigenvalue weighted by Gasteiger charge is -1.82. The maximum Gasteiger partial charge on any atom is 0.317 e. The van der Waals surface area contributed by atoms with E-state index in [9.17, 15) is 9.00 Å². The van der Waals surface area contributed by atoms with E-state index in [4.69, 9.17) is 5.11 Å². The van der Waals surface area contributed by atoms with Crippen LogP contribution in [0.5, 0.6) is 0 Å². The highest BCUT2D eigenvalue weighted by Gasteiger charge is 1.97. The van der Waals surface area contributed by atoms with Crippen LogP contribution in [0.1, 0.15) is 0 Å². The zero-order valence-corrected chi connectivity index (χ0v) is 4.27. The van der Waals surface area contributed by atoms with Gasteiger partial charge in [-0.15, -0.1) is 0 Å². The van der Waals surface area contributed by atoms with Crippen molar-refractivity contribution in [3.8, 4) is 0 Å². The number of carboxylic acids is 1. The average molecular weight is 123 g/mol. The van der Waals surface area contributed by atoms with Crippen LogP contribution in [-0.4, -0.2) is 21.0 Å². The van der Waals surface area contributed by atoms with E-state index in [2.05, 4.69) is 5.14 Å². The maximum atomic E-state index is 9.76. The summed E-state index contributed by atoms with van der Waals surface area (Å²) in [7, 11) is -1.70. The monoisotopic (exact) mass is 123 g/mol. The predicted molar refractivity (Wildman–Crippen MR) is 24.8 cm³/mol. The summed E-state index contributed by atoms with van der Waals surface area (Å²) in [5, 5.41) is 12.4. The van der Waals surface area contributed by atoms with Gasteiger partial charge < -0.3 is 5.11 Å². The van der Waals surface area contributed by atoms with Gasteiger partial charge in [0.25, 0.3) is 0 Å². The first kappa shape index (κ1) is 6.58. The number of hydrogen-bond acceptors (Lipinski definition) is 2. The Morgan fingerprint density at radius 2 is 2.29 bits per heavy atom. The number of carboxylic acid groups (broad SMARTS) is 1. The summed E-state index contributed by atoms with van der Waals surface area (Å²) >= 11 is 0. The molecule has 0 aromatic rings. The van der Waals surface area contributed by atoms with Gasteiger partial charge in [0.1, 0.15) is 16.7 Å². The molecule has 0 aliphatic heterocycles. The third-order valence-electron chi connectivity index (χ3n) is 0.266. The molecule has 0 rings (SSSR count). The third kappa shape index (κ3) is 5.58. The van der Waals surface area contributed by atoms with Crippen LogP contribution >= 0.6 is 0 Å². The van der Waals surface area contributed by atoms with Crippen molar-refractivity contribution < 1.29 is 14.1 Å². The minimum absolute atomic E-state index is 0.472. The normalized spacial score (nSPS) is 13.3. The van der Waals surface area contributed by atoms with E-state index >= 15 is 0 Å². The van der Waals surface area contributed by atoms with Gasteiger partial charge >= 0.3 is 5.97 Å². The Morgan fingerprint density at radius 3 is 2.29 bits per heavy atom. The maximum absolute atomic E-state index is 9.76. The van der Waals surface area contributed by atoms with Crippen molar-refractivity contribution in [1.82, 2.24) is 0 Å². The summed E-state index contributed by atoms with van der Waals surface area (Å²) in [6.45, 7) is 0. The van der Waals surface area contributed by atoms with Gasteiger partial charge in [-0.05, 0) is 0 Å². The Bertz CT molecular complexity index is 89.1. The SMILES string of the molecule is NS(=O)CC(=O)O. The molecule has 7 heavy (non-hydrogen) atoms. The summed E-state index contributed by atoms with van der Waals surface area (Å²) in [5.41, 5.74) is 0. The Kier molecular flexibility index (Phi) is 2.54. The molecule has 0 radical (unpaired) electrons. The summed E-state index contributed by atoms with van der Waals surface area (Å²) in [6, 6.07) is 0. The molecule has 0 amide bonds. The first-order valence-corrected chi connectivity index (χ1v) is 2.85. The quantitative estimate of drug-likeness (QED) is 0.478. The molecule has 1 atom stereocenters. The largest absolute Gasteiger partial charge is 0.481 e. The number of carbonyl (C=O) groups is 1. The first-order chi connectivity index (χ1) is 3.13. The molecule has 0 heterocycles. The molecule has 42 valence electrons. The van der Waals surface area contributed by atoms with E-state index in [1.165, 1.54) is 0 Å². The molecule has 0 fully saturated rings. The summed E-state index contributed by atoms with van der Waals surface area (Å²) in [6.07, 6.45) is 0. The molecule has 1 unspecified atom stereocenters. The van der Waals surface area contributed by atoms with Gasteiger partial charge in [0.15, 0.2) is 0 Å². The number of rotatable bonds is 2. The van der Waals surface area contributed by atoms with Gasteiger partial charge in [0, 0.05) is 0 Å². The minimum atomic E-state index is -1.70. The van der Waals surface area contributed by atoms with Crippen molar-refractivity contribution in [2.24, 2.45) is 5.14 Å². The van der Waals surface area contributed by atoms with Crippen molar-refractivity contribution in [2.45, 2.75) is 0 Å². The standard InChI is InChI=1S/C2H5NO3S/c3-7(6)1-2(4)5/h1,3H2,(H,4,5). The van der Waals surface area contributed by atoms with Gasteiger partial charge in [-0.3, -0.25) is 9.93 Å². The topological polar surface area (TPSA) is 80.4 Å². The fourth-order valence-electron chi connectivity index (χ4n) is 0.122. The van der Waals surface area contributed by atoms with Crippen molar-refractivity contribution in [2.75, 3.05) is 5.75 Å². The Balaban J connectivity index is 3.32. The number of aliphatic carboxylic acids is 1. The van der Waals surface area contributed by atoms with Crippen LogP contribution in [0.15, 0.2) is 0 Å². The van der Waals surface area contributed by atoms with Crippen LogP contribution in [-0.2, 0) is 15.8 Å². The van der Waals surface area contributed by atoms with E-state index in [1.54, 1.807) is 0 Å². The molecule has 0 bridgehead atoms. The smallest absolute Gasteiger partial charge is 0.317 e. The Morgan fingerprint density at radius 1 is 1.86 bits per heavy atom. The fourth-order valence-corrected chi connectivity index (χ4v) is 0.365. The fraction of sp³-hybridized carbons (Fsp3) is 0.500. The van der Waals surface area contributed by atoms with Gasteiger partial charge in [0.05, 0.1) is 0 Å². The minimum Gasteiger partial charge on any atom is -0.481 e. The van der Waals surface area contributed by atoms with Crippen molar-refractivity contribution >= 4 is 17.0 Å². The molecule has 3 N–H and O–H groups in total. The van der Waals surface area contributed by atoms with Crippen LogP contribution in [0.4, 0.5) is 0 Å². The summed E-state index contributed by atoms with van der Waals surface area (Å²) in [5.74, 6) is -1.61. The second-order valence-corrected chi connectivity index (χ2v) is 1.97. The lowest BCUT2D eigenvalue weighted by atomic mass is 10.8. The molecule has 0 aliphatic carbocycles. The highest BCUT2D eigenvalue weighted by molar-refractivity contribution is 7.83. The molecular formula is C2H5NO3S.